The minimum atomic E-state index is -1.10. The number of aryl methyl sites for hydroxylation is 2. The fourth-order valence-corrected chi connectivity index (χ4v) is 5.17. The van der Waals surface area contributed by atoms with Crippen LogP contribution in [0.15, 0.2) is 40.2 Å². The van der Waals surface area contributed by atoms with Gasteiger partial charge in [0.15, 0.2) is 11.6 Å². The van der Waals surface area contributed by atoms with E-state index in [1.165, 1.54) is 27.7 Å². The highest BCUT2D eigenvalue weighted by molar-refractivity contribution is 7.22. The topological polar surface area (TPSA) is 111 Å². The molecule has 9 nitrogen and oxygen atoms in total. The quantitative estimate of drug-likeness (QED) is 0.350. The molecule has 0 N–H and O–H groups in total. The molecule has 34 heavy (non-hydrogen) atoms. The fourth-order valence-electron chi connectivity index (χ4n) is 3.74. The van der Waals surface area contributed by atoms with Gasteiger partial charge in [-0.3, -0.25) is 14.3 Å². The molecule has 0 unspecified atom stereocenters. The van der Waals surface area contributed by atoms with Crippen LogP contribution in [0.3, 0.4) is 0 Å². The number of aromatic nitrogens is 6. The smallest absolute Gasteiger partial charge is 0.291 e. The van der Waals surface area contributed by atoms with Crippen LogP contribution >= 0.6 is 22.9 Å². The van der Waals surface area contributed by atoms with Crippen molar-refractivity contribution in [2.45, 2.75) is 13.0 Å². The molecule has 0 fully saturated rings. The summed E-state index contributed by atoms with van der Waals surface area (Å²) in [5.41, 5.74) is 0.0736. The van der Waals surface area contributed by atoms with Gasteiger partial charge >= 0.3 is 5.69 Å². The Labute approximate surface area is 197 Å². The second-order valence-electron chi connectivity index (χ2n) is 7.29. The van der Waals surface area contributed by atoms with Crippen molar-refractivity contribution < 1.29 is 8.78 Å². The molecular weight excluding hydrogens is 488 g/mol. The van der Waals surface area contributed by atoms with Gasteiger partial charge in [0.2, 0.25) is 0 Å². The molecule has 0 spiro atoms. The molecular formula is C21H12ClF2N7O2S. The number of nitriles is 1. The van der Waals surface area contributed by atoms with Gasteiger partial charge < -0.3 is 0 Å². The molecule has 0 saturated carbocycles. The summed E-state index contributed by atoms with van der Waals surface area (Å²) in [5.74, 6) is -2.20. The molecule has 170 valence electrons. The van der Waals surface area contributed by atoms with Crippen molar-refractivity contribution >= 4 is 44.2 Å². The zero-order valence-corrected chi connectivity index (χ0v) is 18.9. The highest BCUT2D eigenvalue weighted by atomic mass is 35.5. The number of hydrogen-bond donors (Lipinski definition) is 0. The van der Waals surface area contributed by atoms with Gasteiger partial charge in [-0.05, 0) is 18.2 Å². The van der Waals surface area contributed by atoms with Gasteiger partial charge in [-0.25, -0.2) is 22.8 Å². The number of halogens is 3. The molecule has 5 rings (SSSR count). The Hall–Kier alpha value is -3.95. The monoisotopic (exact) mass is 499 g/mol. The minimum absolute atomic E-state index is 0.0000390. The summed E-state index contributed by atoms with van der Waals surface area (Å²) in [7, 11) is 1.62. The maximum atomic E-state index is 13.9. The number of hydrogen-bond acceptors (Lipinski definition) is 7. The summed E-state index contributed by atoms with van der Waals surface area (Å²) < 4.78 is 31.3. The minimum Gasteiger partial charge on any atom is -0.291 e. The average Bonchev–Trinajstić information content (AvgIpc) is 3.41. The molecule has 0 aliphatic carbocycles. The SMILES string of the molecule is Cn1nnc2cncc(-n3c(=O)c4sc(-c5cc(F)c(F)cc5Cl)cc4n(CCC#N)c3=O)c21. The lowest BCUT2D eigenvalue weighted by Crippen LogP contribution is -2.38. The summed E-state index contributed by atoms with van der Waals surface area (Å²) in [6, 6.07) is 5.27. The van der Waals surface area contributed by atoms with Gasteiger partial charge in [0.1, 0.15) is 15.7 Å². The van der Waals surface area contributed by atoms with Crippen LogP contribution in [0.5, 0.6) is 0 Å². The van der Waals surface area contributed by atoms with E-state index in [4.69, 9.17) is 16.9 Å². The van der Waals surface area contributed by atoms with Crippen LogP contribution in [-0.2, 0) is 13.6 Å². The molecule has 0 radical (unpaired) electrons. The predicted molar refractivity (Wildman–Crippen MR) is 122 cm³/mol. The Kier molecular flexibility index (Phi) is 5.22. The summed E-state index contributed by atoms with van der Waals surface area (Å²) in [6.45, 7) is 0.000833. The third-order valence-electron chi connectivity index (χ3n) is 5.28. The van der Waals surface area contributed by atoms with E-state index in [2.05, 4.69) is 15.3 Å². The predicted octanol–water partition coefficient (Wildman–Crippen LogP) is 3.40. The number of benzene rings is 1. The zero-order chi connectivity index (χ0) is 24.1. The number of pyridine rings is 1. The van der Waals surface area contributed by atoms with Gasteiger partial charge in [0.25, 0.3) is 5.56 Å². The molecule has 0 aliphatic heterocycles. The largest absolute Gasteiger partial charge is 0.336 e. The molecule has 4 heterocycles. The lowest BCUT2D eigenvalue weighted by molar-refractivity contribution is 0.509. The maximum absolute atomic E-state index is 13.9. The Morgan fingerprint density at radius 1 is 1.18 bits per heavy atom. The van der Waals surface area contributed by atoms with Crippen LogP contribution in [0, 0.1) is 23.0 Å². The van der Waals surface area contributed by atoms with Crippen molar-refractivity contribution in [2.75, 3.05) is 0 Å². The second-order valence-corrected chi connectivity index (χ2v) is 8.75. The maximum Gasteiger partial charge on any atom is 0.336 e. The van der Waals surface area contributed by atoms with Crippen molar-refractivity contribution in [2.24, 2.45) is 7.05 Å². The van der Waals surface area contributed by atoms with Crippen LogP contribution < -0.4 is 11.2 Å². The molecule has 4 aromatic heterocycles. The molecule has 0 aliphatic rings. The Morgan fingerprint density at radius 3 is 2.71 bits per heavy atom. The highest BCUT2D eigenvalue weighted by Crippen LogP contribution is 2.37. The third kappa shape index (κ3) is 3.28. The molecule has 0 bridgehead atoms. The molecule has 1 aromatic carbocycles. The third-order valence-corrected chi connectivity index (χ3v) is 6.73. The molecule has 0 saturated heterocycles. The first kappa shape index (κ1) is 21.9. The van der Waals surface area contributed by atoms with Crippen molar-refractivity contribution in [3.63, 3.8) is 0 Å². The molecule has 0 atom stereocenters. The Bertz CT molecular complexity index is 1780. The first-order valence-electron chi connectivity index (χ1n) is 9.77. The highest BCUT2D eigenvalue weighted by Gasteiger charge is 2.22. The van der Waals surface area contributed by atoms with Gasteiger partial charge in [-0.1, -0.05) is 16.8 Å². The number of rotatable bonds is 4. The van der Waals surface area contributed by atoms with Crippen LogP contribution in [-0.4, -0.2) is 29.1 Å². The van der Waals surface area contributed by atoms with Crippen molar-refractivity contribution in [1.29, 1.82) is 5.26 Å². The summed E-state index contributed by atoms with van der Waals surface area (Å²) in [6.07, 6.45) is 2.81. The van der Waals surface area contributed by atoms with E-state index in [0.717, 1.165) is 28.0 Å². The Balaban J connectivity index is 1.87. The van der Waals surface area contributed by atoms with Crippen molar-refractivity contribution in [3.8, 4) is 22.2 Å². The molecule has 5 aromatic rings. The van der Waals surface area contributed by atoms with E-state index >= 15 is 0 Å². The summed E-state index contributed by atoms with van der Waals surface area (Å²) in [5, 5.41) is 16.9. The Morgan fingerprint density at radius 2 is 1.94 bits per heavy atom. The first-order valence-corrected chi connectivity index (χ1v) is 11.0. The number of nitrogens with zero attached hydrogens (tertiary/aromatic N) is 7. The van der Waals surface area contributed by atoms with Crippen molar-refractivity contribution in [1.82, 2.24) is 29.1 Å². The average molecular weight is 500 g/mol. The molecule has 0 amide bonds. The van der Waals surface area contributed by atoms with Crippen LogP contribution in [0.2, 0.25) is 5.02 Å². The van der Waals surface area contributed by atoms with Crippen LogP contribution in [0.1, 0.15) is 6.42 Å². The number of thiophene rings is 1. The van der Waals surface area contributed by atoms with E-state index in [-0.39, 0.29) is 39.5 Å². The van der Waals surface area contributed by atoms with Crippen molar-refractivity contribution in [3.05, 3.63) is 68.1 Å². The first-order chi connectivity index (χ1) is 16.3. The molecule has 13 heteroatoms. The zero-order valence-electron chi connectivity index (χ0n) is 17.3. The van der Waals surface area contributed by atoms with E-state index < -0.39 is 22.9 Å². The van der Waals surface area contributed by atoms with Gasteiger partial charge in [0.05, 0.1) is 41.1 Å². The van der Waals surface area contributed by atoms with E-state index in [0.29, 0.717) is 15.9 Å². The standard InChI is InChI=1S/C21H12ClF2N7O2S/c1-29-18-14(27-28-29)8-26-9-16(18)31-20(32)19-15(30(21(31)33)4-2-3-25)7-17(34-19)10-5-12(23)13(24)6-11(10)22/h5-9H,2,4H2,1H3. The van der Waals surface area contributed by atoms with Crippen LogP contribution in [0.4, 0.5) is 8.78 Å². The van der Waals surface area contributed by atoms with E-state index in [9.17, 15) is 18.4 Å². The van der Waals surface area contributed by atoms with Gasteiger partial charge in [0, 0.05) is 24.0 Å². The van der Waals surface area contributed by atoms with Gasteiger partial charge in [-0.15, -0.1) is 16.4 Å². The summed E-state index contributed by atoms with van der Waals surface area (Å²) >= 11 is 7.11. The van der Waals surface area contributed by atoms with E-state index in [1.54, 1.807) is 7.05 Å². The lowest BCUT2D eigenvalue weighted by atomic mass is 10.1. The summed E-state index contributed by atoms with van der Waals surface area (Å²) in [4.78, 5) is 31.5. The number of fused-ring (bicyclic) bond motifs is 2. The second kappa shape index (κ2) is 8.12. The van der Waals surface area contributed by atoms with E-state index in [1.807, 2.05) is 6.07 Å². The lowest BCUT2D eigenvalue weighted by Gasteiger charge is -2.11. The van der Waals surface area contributed by atoms with Crippen LogP contribution in [0.25, 0.3) is 37.4 Å². The fraction of sp³-hybridized carbons (Fsp3) is 0.143. The normalized spacial score (nSPS) is 11.4. The van der Waals surface area contributed by atoms with Gasteiger partial charge in [-0.2, -0.15) is 5.26 Å².